The van der Waals surface area contributed by atoms with Gasteiger partial charge in [-0.25, -0.2) is 0 Å². The maximum atomic E-state index is 12.8. The Bertz CT molecular complexity index is 701. The van der Waals surface area contributed by atoms with Crippen LogP contribution < -0.4 is 5.73 Å². The summed E-state index contributed by atoms with van der Waals surface area (Å²) in [5.74, 6) is 0.910. The summed E-state index contributed by atoms with van der Waals surface area (Å²) in [5.41, 5.74) is 6.52. The molecule has 1 aliphatic rings. The van der Waals surface area contributed by atoms with Crippen molar-refractivity contribution in [1.29, 1.82) is 0 Å². The van der Waals surface area contributed by atoms with Crippen molar-refractivity contribution in [3.8, 4) is 11.4 Å². The highest BCUT2D eigenvalue weighted by Gasteiger charge is 2.31. The number of halogens is 1. The number of nitrogens with two attached hydrogens (primary N) is 1. The van der Waals surface area contributed by atoms with Gasteiger partial charge in [0, 0.05) is 23.7 Å². The van der Waals surface area contributed by atoms with Crippen molar-refractivity contribution in [1.82, 2.24) is 25.1 Å². The fourth-order valence-corrected chi connectivity index (χ4v) is 3.07. The zero-order valence-corrected chi connectivity index (χ0v) is 14.4. The van der Waals surface area contributed by atoms with Crippen molar-refractivity contribution in [2.24, 2.45) is 11.7 Å². The number of hydrogen-bond acceptors (Lipinski definition) is 5. The van der Waals surface area contributed by atoms with Gasteiger partial charge in [0.1, 0.15) is 0 Å². The van der Waals surface area contributed by atoms with Crippen molar-refractivity contribution in [3.05, 3.63) is 29.3 Å². The molecule has 1 fully saturated rings. The van der Waals surface area contributed by atoms with Crippen LogP contribution >= 0.6 is 11.6 Å². The minimum absolute atomic E-state index is 0.0357. The van der Waals surface area contributed by atoms with Crippen LogP contribution in [-0.4, -0.2) is 50.6 Å². The average Bonchev–Trinajstić information content (AvgIpc) is 3.25. The monoisotopic (exact) mass is 348 g/mol. The van der Waals surface area contributed by atoms with Gasteiger partial charge in [0.2, 0.25) is 11.7 Å². The van der Waals surface area contributed by atoms with Crippen LogP contribution in [0.2, 0.25) is 5.02 Å². The molecule has 2 heterocycles. The first-order chi connectivity index (χ1) is 11.6. The van der Waals surface area contributed by atoms with Gasteiger partial charge >= 0.3 is 0 Å². The van der Waals surface area contributed by atoms with Crippen LogP contribution in [0, 0.1) is 5.92 Å². The number of carbonyl (C=O) groups excluding carboxylic acids is 1. The standard InChI is InChI=1S/C16H21ClN6O/c1-2-14(16(24)22-8-7-11(9-18)10-22)23-20-15(19-21-23)12-3-5-13(17)6-4-12/h3-6,11,14H,2,7-10,18H2,1H3/t11-,14+/m0/s1. The SMILES string of the molecule is CC[C@H](C(=O)N1CC[C@@H](CN)C1)n1nnc(-c2ccc(Cl)cc2)n1. The fourth-order valence-electron chi connectivity index (χ4n) is 2.94. The molecule has 0 unspecified atom stereocenters. The van der Waals surface area contributed by atoms with E-state index >= 15 is 0 Å². The molecule has 0 spiro atoms. The zero-order valence-electron chi connectivity index (χ0n) is 13.6. The number of benzene rings is 1. The molecule has 1 amide bonds. The van der Waals surface area contributed by atoms with Crippen LogP contribution in [0.3, 0.4) is 0 Å². The van der Waals surface area contributed by atoms with Gasteiger partial charge in [-0.2, -0.15) is 4.80 Å². The highest BCUT2D eigenvalue weighted by Crippen LogP contribution is 2.22. The number of carbonyl (C=O) groups is 1. The lowest BCUT2D eigenvalue weighted by Gasteiger charge is -2.21. The summed E-state index contributed by atoms with van der Waals surface area (Å²) in [5, 5.41) is 13.2. The van der Waals surface area contributed by atoms with E-state index < -0.39 is 6.04 Å². The molecule has 2 atom stereocenters. The fraction of sp³-hybridized carbons (Fsp3) is 0.500. The Morgan fingerprint density at radius 1 is 1.42 bits per heavy atom. The first-order valence-electron chi connectivity index (χ1n) is 8.16. The second-order valence-corrected chi connectivity index (χ2v) is 6.48. The molecule has 2 N–H and O–H groups in total. The Hall–Kier alpha value is -1.99. The normalized spacial score (nSPS) is 18.8. The molecule has 3 rings (SSSR count). The number of likely N-dealkylation sites (tertiary alicyclic amines) is 1. The lowest BCUT2D eigenvalue weighted by molar-refractivity contribution is -0.134. The molecule has 128 valence electrons. The Kier molecular flexibility index (Phi) is 5.11. The quantitative estimate of drug-likeness (QED) is 0.889. The van der Waals surface area contributed by atoms with Crippen molar-refractivity contribution in [2.45, 2.75) is 25.8 Å². The number of hydrogen-bond donors (Lipinski definition) is 1. The number of rotatable bonds is 5. The third-order valence-corrected chi connectivity index (χ3v) is 4.66. The van der Waals surface area contributed by atoms with Gasteiger partial charge < -0.3 is 10.6 Å². The molecule has 1 aliphatic heterocycles. The summed E-state index contributed by atoms with van der Waals surface area (Å²) in [6, 6.07) is 6.78. The van der Waals surface area contributed by atoms with Crippen molar-refractivity contribution >= 4 is 17.5 Å². The molecule has 1 aromatic carbocycles. The number of amides is 1. The summed E-state index contributed by atoms with van der Waals surface area (Å²) in [4.78, 5) is 16.0. The van der Waals surface area contributed by atoms with E-state index in [0.717, 1.165) is 18.5 Å². The van der Waals surface area contributed by atoms with Crippen molar-refractivity contribution in [2.75, 3.05) is 19.6 Å². The third-order valence-electron chi connectivity index (χ3n) is 4.41. The maximum Gasteiger partial charge on any atom is 0.249 e. The van der Waals surface area contributed by atoms with Crippen LogP contribution in [0.5, 0.6) is 0 Å². The summed E-state index contributed by atoms with van der Waals surface area (Å²) < 4.78 is 0. The Morgan fingerprint density at radius 3 is 2.79 bits per heavy atom. The van der Waals surface area contributed by atoms with E-state index in [2.05, 4.69) is 15.4 Å². The van der Waals surface area contributed by atoms with E-state index in [-0.39, 0.29) is 5.91 Å². The molecule has 0 radical (unpaired) electrons. The van der Waals surface area contributed by atoms with Crippen molar-refractivity contribution in [3.63, 3.8) is 0 Å². The molecule has 1 saturated heterocycles. The minimum atomic E-state index is -0.435. The summed E-state index contributed by atoms with van der Waals surface area (Å²) in [7, 11) is 0. The van der Waals surface area contributed by atoms with E-state index in [4.69, 9.17) is 17.3 Å². The van der Waals surface area contributed by atoms with Gasteiger partial charge in [-0.1, -0.05) is 18.5 Å². The number of nitrogens with zero attached hydrogens (tertiary/aromatic N) is 5. The molecule has 7 nitrogen and oxygen atoms in total. The molecule has 2 aromatic rings. The predicted molar refractivity (Wildman–Crippen MR) is 91.3 cm³/mol. The average molecular weight is 349 g/mol. The van der Waals surface area contributed by atoms with Gasteiger partial charge in [0.05, 0.1) is 0 Å². The van der Waals surface area contributed by atoms with Crippen LogP contribution in [0.25, 0.3) is 11.4 Å². The summed E-state index contributed by atoms with van der Waals surface area (Å²) in [6.45, 7) is 4.02. The van der Waals surface area contributed by atoms with E-state index in [1.54, 1.807) is 12.1 Å². The van der Waals surface area contributed by atoms with Gasteiger partial charge in [0.25, 0.3) is 0 Å². The summed E-state index contributed by atoms with van der Waals surface area (Å²) >= 11 is 5.89. The van der Waals surface area contributed by atoms with Crippen molar-refractivity contribution < 1.29 is 4.79 Å². The second kappa shape index (κ2) is 7.27. The van der Waals surface area contributed by atoms with Crippen LogP contribution in [0.4, 0.5) is 0 Å². The highest BCUT2D eigenvalue weighted by atomic mass is 35.5. The lowest BCUT2D eigenvalue weighted by atomic mass is 10.1. The Balaban J connectivity index is 1.76. The van der Waals surface area contributed by atoms with Crippen LogP contribution in [-0.2, 0) is 4.79 Å². The van der Waals surface area contributed by atoms with E-state index in [1.807, 2.05) is 24.0 Å². The molecule has 0 aliphatic carbocycles. The molecule has 8 heteroatoms. The Labute approximate surface area is 145 Å². The first-order valence-corrected chi connectivity index (χ1v) is 8.54. The largest absolute Gasteiger partial charge is 0.340 e. The molecular formula is C16H21ClN6O. The van der Waals surface area contributed by atoms with Gasteiger partial charge in [-0.3, -0.25) is 4.79 Å². The Morgan fingerprint density at radius 2 is 2.17 bits per heavy atom. The molecular weight excluding hydrogens is 328 g/mol. The van der Waals surface area contributed by atoms with E-state index in [9.17, 15) is 4.79 Å². The maximum absolute atomic E-state index is 12.8. The second-order valence-electron chi connectivity index (χ2n) is 6.04. The smallest absolute Gasteiger partial charge is 0.249 e. The zero-order chi connectivity index (χ0) is 17.1. The molecule has 0 saturated carbocycles. The summed E-state index contributed by atoms with van der Waals surface area (Å²) in [6.07, 6.45) is 1.57. The first kappa shape index (κ1) is 16.9. The van der Waals surface area contributed by atoms with Gasteiger partial charge in [-0.05, 0) is 54.8 Å². The van der Waals surface area contributed by atoms with Gasteiger partial charge in [0.15, 0.2) is 6.04 Å². The highest BCUT2D eigenvalue weighted by molar-refractivity contribution is 6.30. The predicted octanol–water partition coefficient (Wildman–Crippen LogP) is 1.75. The number of tetrazole rings is 1. The van der Waals surface area contributed by atoms with E-state index in [1.165, 1.54) is 4.80 Å². The minimum Gasteiger partial charge on any atom is -0.340 e. The van der Waals surface area contributed by atoms with Gasteiger partial charge in [-0.15, -0.1) is 10.2 Å². The topological polar surface area (TPSA) is 89.9 Å². The van der Waals surface area contributed by atoms with E-state index in [0.29, 0.717) is 36.3 Å². The van der Waals surface area contributed by atoms with Crippen LogP contribution in [0.15, 0.2) is 24.3 Å². The molecule has 1 aromatic heterocycles. The number of aromatic nitrogens is 4. The lowest BCUT2D eigenvalue weighted by Crippen LogP contribution is -2.37. The third kappa shape index (κ3) is 3.42. The molecule has 0 bridgehead atoms. The van der Waals surface area contributed by atoms with Crippen LogP contribution in [0.1, 0.15) is 25.8 Å². The molecule has 24 heavy (non-hydrogen) atoms.